The fourth-order valence-corrected chi connectivity index (χ4v) is 4.49. The van der Waals surface area contributed by atoms with E-state index < -0.39 is 5.97 Å². The first-order valence-corrected chi connectivity index (χ1v) is 12.0. The number of carbonyl (C=O) groups is 3. The summed E-state index contributed by atoms with van der Waals surface area (Å²) in [5, 5.41) is -0.0593. The molecule has 0 N–H and O–H groups in total. The van der Waals surface area contributed by atoms with Gasteiger partial charge in [0.1, 0.15) is 18.1 Å². The van der Waals surface area contributed by atoms with Crippen molar-refractivity contribution in [2.24, 2.45) is 0 Å². The number of rotatable bonds is 7. The number of amides is 2. The highest BCUT2D eigenvalue weighted by atomic mass is 35.5. The van der Waals surface area contributed by atoms with Crippen LogP contribution < -0.4 is 9.47 Å². The largest absolute Gasteiger partial charge is 0.491 e. The predicted molar refractivity (Wildman–Crippen MR) is 137 cm³/mol. The van der Waals surface area contributed by atoms with Crippen molar-refractivity contribution >= 4 is 46.6 Å². The lowest BCUT2D eigenvalue weighted by Gasteiger charge is -2.14. The van der Waals surface area contributed by atoms with E-state index in [4.69, 9.17) is 21.1 Å². The van der Waals surface area contributed by atoms with Gasteiger partial charge >= 0.3 is 5.97 Å². The van der Waals surface area contributed by atoms with Gasteiger partial charge in [0, 0.05) is 0 Å². The summed E-state index contributed by atoms with van der Waals surface area (Å²) >= 11 is 6.93. The SMILES string of the molecule is Cc1ccc(C)c(OCCN2C(=O)S/C(=C\c3cccc(OC(=O)c4ccccc4Cl)c3)C2=O)c1. The van der Waals surface area contributed by atoms with Gasteiger partial charge in [-0.3, -0.25) is 14.5 Å². The van der Waals surface area contributed by atoms with Gasteiger partial charge in [0.05, 0.1) is 22.0 Å². The minimum atomic E-state index is -0.586. The number of hydrogen-bond donors (Lipinski definition) is 0. The Morgan fingerprint density at radius 2 is 1.83 bits per heavy atom. The minimum absolute atomic E-state index is 0.144. The second-order valence-electron chi connectivity index (χ2n) is 7.89. The summed E-state index contributed by atoms with van der Waals surface area (Å²) in [6.45, 7) is 4.26. The lowest BCUT2D eigenvalue weighted by Crippen LogP contribution is -2.32. The monoisotopic (exact) mass is 507 g/mol. The molecule has 1 heterocycles. The Morgan fingerprint density at radius 1 is 1.03 bits per heavy atom. The first kappa shape index (κ1) is 24.6. The topological polar surface area (TPSA) is 72.9 Å². The van der Waals surface area contributed by atoms with Crippen LogP contribution in [0.15, 0.2) is 71.6 Å². The van der Waals surface area contributed by atoms with Crippen LogP contribution in [-0.2, 0) is 4.79 Å². The molecule has 4 rings (SSSR count). The summed E-state index contributed by atoms with van der Waals surface area (Å²) in [4.78, 5) is 39.2. The third kappa shape index (κ3) is 5.93. The van der Waals surface area contributed by atoms with Crippen LogP contribution in [0.3, 0.4) is 0 Å². The lowest BCUT2D eigenvalue weighted by atomic mass is 10.1. The molecule has 0 spiro atoms. The first-order chi connectivity index (χ1) is 16.8. The molecule has 1 fully saturated rings. The van der Waals surface area contributed by atoms with Crippen LogP contribution in [0.5, 0.6) is 11.5 Å². The number of carbonyl (C=O) groups excluding carboxylic acids is 3. The van der Waals surface area contributed by atoms with Gasteiger partial charge in [-0.1, -0.05) is 48.0 Å². The molecule has 35 heavy (non-hydrogen) atoms. The maximum absolute atomic E-state index is 12.8. The predicted octanol–water partition coefficient (Wildman–Crippen LogP) is 6.29. The number of halogens is 1. The number of aryl methyl sites for hydroxylation is 2. The smallest absolute Gasteiger partial charge is 0.345 e. The van der Waals surface area contributed by atoms with Crippen molar-refractivity contribution in [3.63, 3.8) is 0 Å². The van der Waals surface area contributed by atoms with Gasteiger partial charge in [0.2, 0.25) is 0 Å². The quantitative estimate of drug-likeness (QED) is 0.212. The van der Waals surface area contributed by atoms with Crippen molar-refractivity contribution in [3.05, 3.63) is 98.9 Å². The molecule has 0 radical (unpaired) electrons. The fourth-order valence-electron chi connectivity index (χ4n) is 3.41. The number of esters is 1. The molecule has 8 heteroatoms. The molecule has 1 aliphatic heterocycles. The molecule has 0 atom stereocenters. The van der Waals surface area contributed by atoms with E-state index in [1.165, 1.54) is 4.90 Å². The molecular formula is C27H22ClNO5S. The second kappa shape index (κ2) is 10.8. The Balaban J connectivity index is 1.41. The third-order valence-corrected chi connectivity index (χ3v) is 6.49. The molecule has 6 nitrogen and oxygen atoms in total. The Bertz CT molecular complexity index is 1340. The van der Waals surface area contributed by atoms with Crippen molar-refractivity contribution < 1.29 is 23.9 Å². The van der Waals surface area contributed by atoms with E-state index in [9.17, 15) is 14.4 Å². The number of nitrogens with zero attached hydrogens (tertiary/aromatic N) is 1. The summed E-state index contributed by atoms with van der Waals surface area (Å²) in [5.74, 6) is 0.0560. The Hall–Kier alpha value is -3.55. The van der Waals surface area contributed by atoms with Crippen molar-refractivity contribution in [2.75, 3.05) is 13.2 Å². The summed E-state index contributed by atoms with van der Waals surface area (Å²) in [7, 11) is 0. The summed E-state index contributed by atoms with van der Waals surface area (Å²) in [5.41, 5.74) is 2.93. The van der Waals surface area contributed by atoms with Crippen molar-refractivity contribution in [1.29, 1.82) is 0 Å². The zero-order valence-electron chi connectivity index (χ0n) is 19.1. The van der Waals surface area contributed by atoms with Crippen LogP contribution in [-0.4, -0.2) is 35.2 Å². The standard InChI is InChI=1S/C27H22ClNO5S/c1-17-10-11-18(2)23(14-17)33-13-12-29-25(30)24(35-27(29)32)16-19-6-5-7-20(15-19)34-26(31)21-8-3-4-9-22(21)28/h3-11,14-16H,12-13H2,1-2H3/b24-16-. The van der Waals surface area contributed by atoms with Crippen LogP contribution in [0, 0.1) is 13.8 Å². The van der Waals surface area contributed by atoms with E-state index in [1.54, 1.807) is 54.6 Å². The first-order valence-electron chi connectivity index (χ1n) is 10.8. The van der Waals surface area contributed by atoms with Gasteiger partial charge in [-0.05, 0) is 78.7 Å². The van der Waals surface area contributed by atoms with E-state index >= 15 is 0 Å². The minimum Gasteiger partial charge on any atom is -0.491 e. The molecule has 3 aromatic rings. The lowest BCUT2D eigenvalue weighted by molar-refractivity contribution is -0.123. The van der Waals surface area contributed by atoms with E-state index in [2.05, 4.69) is 0 Å². The molecule has 1 saturated heterocycles. The van der Waals surface area contributed by atoms with Gasteiger partial charge in [-0.25, -0.2) is 4.79 Å². The summed E-state index contributed by atoms with van der Waals surface area (Å²) in [6, 6.07) is 19.2. The molecule has 0 aromatic heterocycles. The van der Waals surface area contributed by atoms with E-state index in [-0.39, 0.29) is 34.8 Å². The zero-order chi connectivity index (χ0) is 24.9. The number of benzene rings is 3. The molecule has 0 bridgehead atoms. The van der Waals surface area contributed by atoms with Gasteiger partial charge in [0.15, 0.2) is 0 Å². The zero-order valence-corrected chi connectivity index (χ0v) is 20.7. The van der Waals surface area contributed by atoms with Crippen LogP contribution in [0.2, 0.25) is 5.02 Å². The van der Waals surface area contributed by atoms with E-state index in [1.807, 2.05) is 32.0 Å². The van der Waals surface area contributed by atoms with Crippen molar-refractivity contribution in [2.45, 2.75) is 13.8 Å². The summed E-state index contributed by atoms with van der Waals surface area (Å²) in [6.07, 6.45) is 1.60. The Labute approximate surface area is 212 Å². The molecule has 2 amide bonds. The van der Waals surface area contributed by atoms with Gasteiger partial charge in [0.25, 0.3) is 11.1 Å². The van der Waals surface area contributed by atoms with Gasteiger partial charge in [-0.15, -0.1) is 0 Å². The number of ether oxygens (including phenoxy) is 2. The summed E-state index contributed by atoms with van der Waals surface area (Å²) < 4.78 is 11.2. The van der Waals surface area contributed by atoms with Gasteiger partial charge < -0.3 is 9.47 Å². The average Bonchev–Trinajstić information content (AvgIpc) is 3.09. The second-order valence-corrected chi connectivity index (χ2v) is 9.29. The van der Waals surface area contributed by atoms with E-state index in [0.717, 1.165) is 28.6 Å². The number of thioether (sulfide) groups is 1. The number of hydrogen-bond acceptors (Lipinski definition) is 6. The van der Waals surface area contributed by atoms with Crippen LogP contribution >= 0.6 is 23.4 Å². The molecule has 3 aromatic carbocycles. The maximum atomic E-state index is 12.8. The normalized spacial score (nSPS) is 14.5. The average molecular weight is 508 g/mol. The molecular weight excluding hydrogens is 486 g/mol. The molecule has 0 aliphatic carbocycles. The highest BCUT2D eigenvalue weighted by molar-refractivity contribution is 8.18. The van der Waals surface area contributed by atoms with Crippen molar-refractivity contribution in [1.82, 2.24) is 4.90 Å². The van der Waals surface area contributed by atoms with Gasteiger partial charge in [-0.2, -0.15) is 0 Å². The highest BCUT2D eigenvalue weighted by Crippen LogP contribution is 2.33. The molecule has 178 valence electrons. The Kier molecular flexibility index (Phi) is 7.58. The van der Waals surface area contributed by atoms with Crippen LogP contribution in [0.4, 0.5) is 4.79 Å². The van der Waals surface area contributed by atoms with Crippen molar-refractivity contribution in [3.8, 4) is 11.5 Å². The highest BCUT2D eigenvalue weighted by Gasteiger charge is 2.34. The third-order valence-electron chi connectivity index (χ3n) is 5.25. The molecule has 0 unspecified atom stereocenters. The van der Waals surface area contributed by atoms with Crippen LogP contribution in [0.1, 0.15) is 27.0 Å². The fraction of sp³-hybridized carbons (Fsp3) is 0.148. The van der Waals surface area contributed by atoms with Crippen LogP contribution in [0.25, 0.3) is 6.08 Å². The number of imide groups is 1. The van der Waals surface area contributed by atoms with E-state index in [0.29, 0.717) is 16.3 Å². The Morgan fingerprint density at radius 3 is 2.63 bits per heavy atom. The molecule has 0 saturated carbocycles. The maximum Gasteiger partial charge on any atom is 0.345 e. The molecule has 1 aliphatic rings.